The molecule has 3 fully saturated rings. The Morgan fingerprint density at radius 3 is 2.44 bits per heavy atom. The molecular weight excluding hydrogens is 364 g/mol. The third kappa shape index (κ3) is 4.37. The summed E-state index contributed by atoms with van der Waals surface area (Å²) >= 11 is 0. The number of aryl methyl sites for hydroxylation is 2. The van der Waals surface area contributed by atoms with E-state index in [1.165, 1.54) is 12.8 Å². The zero-order chi connectivity index (χ0) is 18.3. The van der Waals surface area contributed by atoms with Gasteiger partial charge in [-0.1, -0.05) is 0 Å². The zero-order valence-electron chi connectivity index (χ0n) is 16.5. The highest BCUT2D eigenvalue weighted by atomic mass is 35.5. The summed E-state index contributed by atoms with van der Waals surface area (Å²) in [5.74, 6) is 3.50. The van der Waals surface area contributed by atoms with Crippen molar-refractivity contribution in [2.24, 2.45) is 17.8 Å². The molecule has 4 rings (SSSR count). The molecule has 0 spiro atoms. The van der Waals surface area contributed by atoms with Gasteiger partial charge in [-0.15, -0.1) is 12.4 Å². The largest absolute Gasteiger partial charge is 0.381 e. The summed E-state index contributed by atoms with van der Waals surface area (Å²) < 4.78 is 5.42. The van der Waals surface area contributed by atoms with Gasteiger partial charge in [0.15, 0.2) is 0 Å². The van der Waals surface area contributed by atoms with Gasteiger partial charge in [-0.2, -0.15) is 0 Å². The lowest BCUT2D eigenvalue weighted by atomic mass is 9.97. The van der Waals surface area contributed by atoms with E-state index >= 15 is 0 Å². The first-order valence-corrected chi connectivity index (χ1v) is 9.98. The van der Waals surface area contributed by atoms with Crippen LogP contribution < -0.4 is 5.32 Å². The highest BCUT2D eigenvalue weighted by molar-refractivity contribution is 5.85. The van der Waals surface area contributed by atoms with Gasteiger partial charge in [0.25, 0.3) is 0 Å². The summed E-state index contributed by atoms with van der Waals surface area (Å²) in [5, 5.41) is 3.68. The molecule has 2 saturated heterocycles. The minimum atomic E-state index is 0. The molecule has 1 N–H and O–H groups in total. The lowest BCUT2D eigenvalue weighted by molar-refractivity contribution is -0.137. The van der Waals surface area contributed by atoms with Crippen molar-refractivity contribution in [3.8, 4) is 0 Å². The third-order valence-electron chi connectivity index (χ3n) is 6.30. The molecule has 27 heavy (non-hydrogen) atoms. The summed E-state index contributed by atoms with van der Waals surface area (Å²) in [6, 6.07) is 0.290. The summed E-state index contributed by atoms with van der Waals surface area (Å²) in [6.07, 6.45) is 4.32. The molecule has 7 heteroatoms. The number of aromatic nitrogens is 2. The Kier molecular flexibility index (Phi) is 6.26. The number of ether oxygens (including phenoxy) is 1. The van der Waals surface area contributed by atoms with Gasteiger partial charge in [0.05, 0.1) is 0 Å². The lowest BCUT2D eigenvalue weighted by Crippen LogP contribution is -2.38. The van der Waals surface area contributed by atoms with Crippen molar-refractivity contribution in [1.29, 1.82) is 0 Å². The first kappa shape index (κ1) is 20.3. The van der Waals surface area contributed by atoms with E-state index < -0.39 is 0 Å². The van der Waals surface area contributed by atoms with Crippen LogP contribution in [0.1, 0.15) is 42.8 Å². The summed E-state index contributed by atoms with van der Waals surface area (Å²) in [4.78, 5) is 24.2. The molecule has 6 nitrogen and oxygen atoms in total. The Bertz CT molecular complexity index is 689. The van der Waals surface area contributed by atoms with E-state index in [1.54, 1.807) is 0 Å². The van der Waals surface area contributed by atoms with Gasteiger partial charge in [-0.25, -0.2) is 9.97 Å². The molecule has 0 unspecified atom stereocenters. The monoisotopic (exact) mass is 394 g/mol. The maximum atomic E-state index is 13.0. The van der Waals surface area contributed by atoms with E-state index in [-0.39, 0.29) is 18.3 Å². The third-order valence-corrected chi connectivity index (χ3v) is 6.30. The molecule has 0 radical (unpaired) electrons. The number of likely N-dealkylation sites (tertiary alicyclic amines) is 1. The molecule has 1 aromatic rings. The molecule has 1 amide bonds. The smallest absolute Gasteiger partial charge is 0.225 e. The number of anilines is 1. The minimum absolute atomic E-state index is 0. The molecule has 1 saturated carbocycles. The first-order chi connectivity index (χ1) is 12.5. The van der Waals surface area contributed by atoms with Gasteiger partial charge in [0.2, 0.25) is 5.91 Å². The topological polar surface area (TPSA) is 67.4 Å². The fraction of sp³-hybridized carbons (Fsp3) is 0.750. The Hall–Kier alpha value is -1.40. The van der Waals surface area contributed by atoms with Gasteiger partial charge in [0, 0.05) is 55.4 Å². The van der Waals surface area contributed by atoms with Crippen LogP contribution in [0.5, 0.6) is 0 Å². The second-order valence-electron chi connectivity index (χ2n) is 8.21. The number of carbonyl (C=O) groups excluding carboxylic acids is 1. The SMILES string of the molecule is Cc1nc(C)c(C)c(N[C@H]2CN(C(=O)C3CCOCC3)C[C@@H]2C2CC2)n1.Cl. The van der Waals surface area contributed by atoms with Crippen molar-refractivity contribution in [2.75, 3.05) is 31.6 Å². The van der Waals surface area contributed by atoms with Crippen molar-refractivity contribution in [2.45, 2.75) is 52.5 Å². The Morgan fingerprint density at radius 1 is 1.07 bits per heavy atom. The van der Waals surface area contributed by atoms with Crippen molar-refractivity contribution in [1.82, 2.24) is 14.9 Å². The highest BCUT2D eigenvalue weighted by Gasteiger charge is 2.45. The minimum Gasteiger partial charge on any atom is -0.381 e. The Morgan fingerprint density at radius 2 is 1.78 bits per heavy atom. The van der Waals surface area contributed by atoms with Crippen molar-refractivity contribution in [3.63, 3.8) is 0 Å². The molecule has 150 valence electrons. The van der Waals surface area contributed by atoms with Gasteiger partial charge in [-0.3, -0.25) is 4.79 Å². The molecule has 2 atom stereocenters. The van der Waals surface area contributed by atoms with Crippen LogP contribution in [0.3, 0.4) is 0 Å². The maximum absolute atomic E-state index is 13.0. The predicted octanol–water partition coefficient (Wildman–Crippen LogP) is 2.90. The fourth-order valence-electron chi connectivity index (χ4n) is 4.45. The number of hydrogen-bond donors (Lipinski definition) is 1. The van der Waals surface area contributed by atoms with Crippen molar-refractivity contribution >= 4 is 24.1 Å². The fourth-order valence-corrected chi connectivity index (χ4v) is 4.45. The van der Waals surface area contributed by atoms with Crippen LogP contribution in [0.25, 0.3) is 0 Å². The number of carbonyl (C=O) groups is 1. The van der Waals surface area contributed by atoms with Crippen LogP contribution in [-0.2, 0) is 9.53 Å². The Balaban J connectivity index is 0.00000210. The lowest BCUT2D eigenvalue weighted by Gasteiger charge is -2.26. The molecule has 3 aliphatic rings. The second kappa shape index (κ2) is 8.31. The number of nitrogens with zero attached hydrogens (tertiary/aromatic N) is 3. The van der Waals surface area contributed by atoms with Crippen molar-refractivity contribution < 1.29 is 9.53 Å². The average Bonchev–Trinajstić information content (AvgIpc) is 3.40. The molecule has 0 bridgehead atoms. The van der Waals surface area contributed by atoms with E-state index in [9.17, 15) is 4.79 Å². The predicted molar refractivity (Wildman–Crippen MR) is 107 cm³/mol. The first-order valence-electron chi connectivity index (χ1n) is 9.98. The quantitative estimate of drug-likeness (QED) is 0.850. The van der Waals surface area contributed by atoms with Crippen LogP contribution in [0.4, 0.5) is 5.82 Å². The number of rotatable bonds is 4. The van der Waals surface area contributed by atoms with Gasteiger partial charge in [-0.05, 0) is 52.4 Å². The molecule has 0 aromatic carbocycles. The highest BCUT2D eigenvalue weighted by Crippen LogP contribution is 2.42. The summed E-state index contributed by atoms with van der Waals surface area (Å²) in [7, 11) is 0. The molecule has 2 aliphatic heterocycles. The van der Waals surface area contributed by atoms with E-state index in [2.05, 4.69) is 27.1 Å². The average molecular weight is 395 g/mol. The van der Waals surface area contributed by atoms with Crippen LogP contribution in [-0.4, -0.2) is 53.1 Å². The van der Waals surface area contributed by atoms with Gasteiger partial charge in [0.1, 0.15) is 11.6 Å². The number of hydrogen-bond acceptors (Lipinski definition) is 5. The zero-order valence-corrected chi connectivity index (χ0v) is 17.3. The Labute approximate surface area is 167 Å². The van der Waals surface area contributed by atoms with Crippen LogP contribution in [0, 0.1) is 38.5 Å². The van der Waals surface area contributed by atoms with Crippen LogP contribution in [0.2, 0.25) is 0 Å². The number of amides is 1. The summed E-state index contributed by atoms with van der Waals surface area (Å²) in [6.45, 7) is 9.16. The van der Waals surface area contributed by atoms with Gasteiger partial charge < -0.3 is 15.0 Å². The number of nitrogens with one attached hydrogen (secondary N) is 1. The van der Waals surface area contributed by atoms with Crippen molar-refractivity contribution in [3.05, 3.63) is 17.1 Å². The van der Waals surface area contributed by atoms with Gasteiger partial charge >= 0.3 is 0 Å². The maximum Gasteiger partial charge on any atom is 0.225 e. The van der Waals surface area contributed by atoms with Crippen LogP contribution >= 0.6 is 12.4 Å². The molecule has 1 aromatic heterocycles. The van der Waals surface area contributed by atoms with E-state index in [1.807, 2.05) is 13.8 Å². The van der Waals surface area contributed by atoms with E-state index in [0.29, 0.717) is 17.9 Å². The standard InChI is InChI=1S/C20H30N4O2.ClH/c1-12-13(2)21-14(3)22-19(12)23-18-11-24(10-17(18)15-4-5-15)20(25)16-6-8-26-9-7-16;/h15-18H,4-11H2,1-3H3,(H,21,22,23);1H/t17-,18+;/m1./s1. The second-order valence-corrected chi connectivity index (χ2v) is 8.21. The van der Waals surface area contributed by atoms with E-state index in [4.69, 9.17) is 4.74 Å². The molecule has 1 aliphatic carbocycles. The summed E-state index contributed by atoms with van der Waals surface area (Å²) in [5.41, 5.74) is 2.13. The molecular formula is C20H31ClN4O2. The van der Waals surface area contributed by atoms with E-state index in [0.717, 1.165) is 68.0 Å². The number of halogens is 1. The normalized spacial score (nSPS) is 26.0. The molecule has 3 heterocycles. The van der Waals surface area contributed by atoms with Crippen LogP contribution in [0.15, 0.2) is 0 Å².